The number of aryl methyl sites for hydroxylation is 1. The number of rotatable bonds is 5. The third-order valence-electron chi connectivity index (χ3n) is 4.22. The van der Waals surface area contributed by atoms with Gasteiger partial charge in [0.2, 0.25) is 10.0 Å². The molecular weight excluding hydrogens is 360 g/mol. The molecule has 0 aromatic heterocycles. The van der Waals surface area contributed by atoms with Gasteiger partial charge in [0, 0.05) is 12.1 Å². The minimum absolute atomic E-state index is 0.0462. The first kappa shape index (κ1) is 18.0. The first-order chi connectivity index (χ1) is 12.3. The lowest BCUT2D eigenvalue weighted by Crippen LogP contribution is -2.20. The molecule has 0 bridgehead atoms. The van der Waals surface area contributed by atoms with Gasteiger partial charge in [-0.1, -0.05) is 29.8 Å². The van der Waals surface area contributed by atoms with Crippen LogP contribution in [0, 0.1) is 17.0 Å². The van der Waals surface area contributed by atoms with E-state index in [4.69, 9.17) is 4.74 Å². The molecule has 0 amide bonds. The van der Waals surface area contributed by atoms with Gasteiger partial charge in [0.25, 0.3) is 5.69 Å². The number of nitro groups is 1. The van der Waals surface area contributed by atoms with Crippen LogP contribution in [0.1, 0.15) is 17.2 Å². The van der Waals surface area contributed by atoms with Crippen LogP contribution in [0.25, 0.3) is 0 Å². The molecule has 3 rings (SSSR count). The molecule has 9 heteroatoms. The Bertz CT molecular complexity index is 971. The van der Waals surface area contributed by atoms with Crippen molar-refractivity contribution in [3.8, 4) is 0 Å². The highest BCUT2D eigenvalue weighted by atomic mass is 32.2. The quantitative estimate of drug-likeness (QED) is 0.343. The largest absolute Gasteiger partial charge is 0.468 e. The average Bonchev–Trinajstić information content (AvgIpc) is 3.38. The van der Waals surface area contributed by atoms with E-state index >= 15 is 0 Å². The zero-order chi connectivity index (χ0) is 19.1. The average molecular weight is 376 g/mol. The molecule has 136 valence electrons. The molecule has 2 aromatic carbocycles. The van der Waals surface area contributed by atoms with Crippen LogP contribution in [-0.2, 0) is 19.6 Å². The molecular formula is C17H16N2O6S. The SMILES string of the molecule is COC(=O)C1C(c2cccc([N+](=O)[O-])c2)N1S(=O)(=O)c1ccc(C)cc1. The second-order valence-corrected chi connectivity index (χ2v) is 7.76. The Balaban J connectivity index is 2.02. The Morgan fingerprint density at radius 1 is 1.19 bits per heavy atom. The van der Waals surface area contributed by atoms with Crippen molar-refractivity contribution >= 4 is 21.7 Å². The van der Waals surface area contributed by atoms with Crippen molar-refractivity contribution in [1.29, 1.82) is 0 Å². The zero-order valence-electron chi connectivity index (χ0n) is 14.0. The van der Waals surface area contributed by atoms with Crippen molar-refractivity contribution in [2.45, 2.75) is 23.9 Å². The van der Waals surface area contributed by atoms with E-state index in [1.165, 1.54) is 37.4 Å². The van der Waals surface area contributed by atoms with Gasteiger partial charge in [-0.2, -0.15) is 4.31 Å². The molecule has 1 fully saturated rings. The number of carbonyl (C=O) groups is 1. The molecule has 1 aliphatic heterocycles. The smallest absolute Gasteiger partial charge is 0.326 e. The number of sulfonamides is 1. The summed E-state index contributed by atoms with van der Waals surface area (Å²) in [5.74, 6) is -0.711. The number of nitro benzene ring substituents is 1. The summed E-state index contributed by atoms with van der Waals surface area (Å²) >= 11 is 0. The minimum Gasteiger partial charge on any atom is -0.468 e. The van der Waals surface area contributed by atoms with Crippen LogP contribution < -0.4 is 0 Å². The Labute approximate surface area is 150 Å². The standard InChI is InChI=1S/C17H16N2O6S/c1-11-6-8-14(9-7-11)26(23,24)18-15(16(18)17(20)25-2)12-4-3-5-13(10-12)19(21)22/h3-10,15-16H,1-2H3. The van der Waals surface area contributed by atoms with E-state index in [-0.39, 0.29) is 10.6 Å². The van der Waals surface area contributed by atoms with Gasteiger partial charge < -0.3 is 4.74 Å². The fourth-order valence-corrected chi connectivity index (χ4v) is 4.55. The second kappa shape index (κ2) is 6.50. The molecule has 0 radical (unpaired) electrons. The zero-order valence-corrected chi connectivity index (χ0v) is 14.8. The van der Waals surface area contributed by atoms with Gasteiger partial charge in [-0.15, -0.1) is 0 Å². The molecule has 3 atom stereocenters. The van der Waals surface area contributed by atoms with Crippen LogP contribution >= 0.6 is 0 Å². The second-order valence-electron chi connectivity index (χ2n) is 5.91. The van der Waals surface area contributed by atoms with Crippen molar-refractivity contribution in [2.75, 3.05) is 7.11 Å². The van der Waals surface area contributed by atoms with E-state index in [2.05, 4.69) is 0 Å². The Morgan fingerprint density at radius 3 is 2.42 bits per heavy atom. The minimum atomic E-state index is -3.95. The number of carbonyl (C=O) groups excluding carboxylic acids is 1. The topological polar surface area (TPSA) is 107 Å². The number of esters is 1. The molecule has 1 saturated heterocycles. The number of methoxy groups -OCH3 is 1. The molecule has 3 unspecified atom stereocenters. The summed E-state index contributed by atoms with van der Waals surface area (Å²) in [4.78, 5) is 22.5. The van der Waals surface area contributed by atoms with Gasteiger partial charge in [-0.25, -0.2) is 8.42 Å². The molecule has 2 aromatic rings. The van der Waals surface area contributed by atoms with Crippen molar-refractivity contribution in [1.82, 2.24) is 4.31 Å². The first-order valence-corrected chi connectivity index (χ1v) is 9.14. The molecule has 0 N–H and O–H groups in total. The Kier molecular flexibility index (Phi) is 4.51. The van der Waals surface area contributed by atoms with Crippen molar-refractivity contribution in [2.24, 2.45) is 0 Å². The lowest BCUT2D eigenvalue weighted by atomic mass is 10.1. The Morgan fingerprint density at radius 2 is 1.85 bits per heavy atom. The lowest BCUT2D eigenvalue weighted by molar-refractivity contribution is -0.384. The van der Waals surface area contributed by atoms with Crippen LogP contribution in [0.3, 0.4) is 0 Å². The van der Waals surface area contributed by atoms with Gasteiger partial charge in [0.05, 0.1) is 23.0 Å². The van der Waals surface area contributed by atoms with Gasteiger partial charge in [-0.05, 0) is 24.6 Å². The van der Waals surface area contributed by atoms with Crippen molar-refractivity contribution in [3.63, 3.8) is 0 Å². The fraction of sp³-hybridized carbons (Fsp3) is 0.235. The summed E-state index contributed by atoms with van der Waals surface area (Å²) in [6, 6.07) is 9.93. The molecule has 1 aliphatic rings. The lowest BCUT2D eigenvalue weighted by Gasteiger charge is -2.07. The van der Waals surface area contributed by atoms with Gasteiger partial charge in [-0.3, -0.25) is 14.9 Å². The third-order valence-corrected chi connectivity index (χ3v) is 6.10. The van der Waals surface area contributed by atoms with Crippen LogP contribution in [0.4, 0.5) is 5.69 Å². The first-order valence-electron chi connectivity index (χ1n) is 7.70. The fourth-order valence-electron chi connectivity index (χ4n) is 2.85. The highest BCUT2D eigenvalue weighted by Gasteiger charge is 2.61. The molecule has 26 heavy (non-hydrogen) atoms. The van der Waals surface area contributed by atoms with Crippen LogP contribution in [0.2, 0.25) is 0 Å². The maximum Gasteiger partial charge on any atom is 0.326 e. The number of hydrogen-bond donors (Lipinski definition) is 0. The maximum atomic E-state index is 12.9. The summed E-state index contributed by atoms with van der Waals surface area (Å²) < 4.78 is 31.6. The summed E-state index contributed by atoms with van der Waals surface area (Å²) in [7, 11) is -2.79. The molecule has 0 saturated carbocycles. The molecule has 0 aliphatic carbocycles. The van der Waals surface area contributed by atoms with Crippen LogP contribution in [0.5, 0.6) is 0 Å². The summed E-state index contributed by atoms with van der Waals surface area (Å²) in [5, 5.41) is 11.0. The van der Waals surface area contributed by atoms with Gasteiger partial charge >= 0.3 is 5.97 Å². The molecule has 8 nitrogen and oxygen atoms in total. The maximum absolute atomic E-state index is 12.9. The summed E-state index contributed by atoms with van der Waals surface area (Å²) in [6.45, 7) is 1.83. The van der Waals surface area contributed by atoms with E-state index in [1.54, 1.807) is 18.2 Å². The van der Waals surface area contributed by atoms with Crippen LogP contribution in [0.15, 0.2) is 53.4 Å². The van der Waals surface area contributed by atoms with E-state index in [0.29, 0.717) is 5.56 Å². The number of ether oxygens (including phenoxy) is 1. The van der Waals surface area contributed by atoms with Crippen molar-refractivity contribution in [3.05, 3.63) is 69.8 Å². The predicted molar refractivity (Wildman–Crippen MR) is 91.8 cm³/mol. The van der Waals surface area contributed by atoms with Crippen LogP contribution in [-0.4, -0.2) is 36.8 Å². The van der Waals surface area contributed by atoms with E-state index in [0.717, 1.165) is 9.87 Å². The highest BCUT2D eigenvalue weighted by Crippen LogP contribution is 2.48. The van der Waals surface area contributed by atoms with E-state index in [9.17, 15) is 23.3 Å². The number of benzene rings is 2. The molecule has 1 heterocycles. The van der Waals surface area contributed by atoms with E-state index in [1.807, 2.05) is 6.92 Å². The Hall–Kier alpha value is -2.78. The third kappa shape index (κ3) is 3.06. The van der Waals surface area contributed by atoms with Gasteiger partial charge in [0.1, 0.15) is 6.04 Å². The van der Waals surface area contributed by atoms with E-state index < -0.39 is 33.0 Å². The number of nitrogens with zero attached hydrogens (tertiary/aromatic N) is 2. The summed E-state index contributed by atoms with van der Waals surface area (Å²) in [5.41, 5.74) is 1.09. The normalized spacial score (nSPS) is 21.8. The monoisotopic (exact) mass is 376 g/mol. The number of non-ortho nitro benzene ring substituents is 1. The number of hydrogen-bond acceptors (Lipinski definition) is 6. The summed E-state index contributed by atoms with van der Waals surface area (Å²) in [6.07, 6.45) is 0. The predicted octanol–water partition coefficient (Wildman–Crippen LogP) is 2.19. The van der Waals surface area contributed by atoms with Gasteiger partial charge in [0.15, 0.2) is 0 Å². The van der Waals surface area contributed by atoms with Crippen molar-refractivity contribution < 1.29 is 22.9 Å². The molecule has 0 spiro atoms. The highest BCUT2D eigenvalue weighted by molar-refractivity contribution is 7.89.